The molecule has 102 valence electrons. The van der Waals surface area contributed by atoms with E-state index in [0.29, 0.717) is 0 Å². The van der Waals surface area contributed by atoms with Gasteiger partial charge in [-0.05, 0) is 6.07 Å². The minimum Gasteiger partial charge on any atom is -0.495 e. The fraction of sp³-hybridized carbons (Fsp3) is 0.400. The molecule has 1 aromatic carbocycles. The van der Waals surface area contributed by atoms with Crippen LogP contribution >= 0.6 is 23.2 Å². The number of ether oxygens (including phenoxy) is 1. The van der Waals surface area contributed by atoms with Crippen molar-refractivity contribution in [1.82, 2.24) is 4.31 Å². The first-order valence-corrected chi connectivity index (χ1v) is 7.14. The second-order valence-corrected chi connectivity index (χ2v) is 6.29. The third kappa shape index (κ3) is 3.07. The zero-order chi connectivity index (χ0) is 13.9. The Labute approximate surface area is 116 Å². The number of nitrogens with zero attached hydrogens (tertiary/aromatic N) is 1. The summed E-state index contributed by atoms with van der Waals surface area (Å²) >= 11 is 11.7. The van der Waals surface area contributed by atoms with Crippen LogP contribution in [0.1, 0.15) is 0 Å². The van der Waals surface area contributed by atoms with Gasteiger partial charge in [0.1, 0.15) is 10.6 Å². The summed E-state index contributed by atoms with van der Waals surface area (Å²) in [5.41, 5.74) is 0. The molecule has 0 aromatic heterocycles. The van der Waals surface area contributed by atoms with Gasteiger partial charge in [-0.15, -0.1) is 0 Å². The Bertz CT molecular complexity index is 533. The van der Waals surface area contributed by atoms with Crippen molar-refractivity contribution in [3.05, 3.63) is 22.2 Å². The molecule has 0 atom stereocenters. The van der Waals surface area contributed by atoms with Crippen LogP contribution in [0.3, 0.4) is 0 Å². The van der Waals surface area contributed by atoms with Gasteiger partial charge in [-0.25, -0.2) is 8.42 Å². The molecular weight excluding hydrogens is 301 g/mol. The van der Waals surface area contributed by atoms with Crippen LogP contribution in [0.5, 0.6) is 5.75 Å². The van der Waals surface area contributed by atoms with Gasteiger partial charge >= 0.3 is 0 Å². The summed E-state index contributed by atoms with van der Waals surface area (Å²) in [6, 6.07) is 2.69. The number of methoxy groups -OCH3 is 1. The summed E-state index contributed by atoms with van der Waals surface area (Å²) in [5.74, 6) is 0.0669. The highest BCUT2D eigenvalue weighted by Gasteiger charge is 2.27. The van der Waals surface area contributed by atoms with E-state index in [4.69, 9.17) is 33.0 Å². The maximum absolute atomic E-state index is 12.2. The molecule has 8 heteroatoms. The normalized spacial score (nSPS) is 11.9. The third-order valence-corrected chi connectivity index (χ3v) is 4.85. The van der Waals surface area contributed by atoms with E-state index in [1.54, 1.807) is 0 Å². The average molecular weight is 314 g/mol. The number of aliphatic hydroxyl groups is 1. The van der Waals surface area contributed by atoms with Gasteiger partial charge < -0.3 is 9.84 Å². The zero-order valence-electron chi connectivity index (χ0n) is 9.85. The van der Waals surface area contributed by atoms with E-state index in [0.717, 1.165) is 4.31 Å². The lowest BCUT2D eigenvalue weighted by molar-refractivity contribution is 0.266. The smallest absolute Gasteiger partial charge is 0.248 e. The Balaban J connectivity index is 3.40. The monoisotopic (exact) mass is 313 g/mol. The quantitative estimate of drug-likeness (QED) is 0.897. The molecule has 0 saturated carbocycles. The molecule has 0 saturated heterocycles. The first-order chi connectivity index (χ1) is 8.34. The van der Waals surface area contributed by atoms with Crippen molar-refractivity contribution >= 4 is 33.2 Å². The van der Waals surface area contributed by atoms with Gasteiger partial charge in [0.2, 0.25) is 10.0 Å². The predicted molar refractivity (Wildman–Crippen MR) is 69.9 cm³/mol. The molecule has 0 unspecified atom stereocenters. The molecule has 0 aliphatic heterocycles. The Morgan fingerprint density at radius 3 is 2.50 bits per heavy atom. The van der Waals surface area contributed by atoms with Gasteiger partial charge in [-0.3, -0.25) is 0 Å². The topological polar surface area (TPSA) is 66.8 Å². The van der Waals surface area contributed by atoms with Crippen LogP contribution < -0.4 is 4.74 Å². The molecule has 18 heavy (non-hydrogen) atoms. The molecule has 1 N–H and O–H groups in total. The van der Waals surface area contributed by atoms with E-state index in [-0.39, 0.29) is 33.8 Å². The summed E-state index contributed by atoms with van der Waals surface area (Å²) in [6.45, 7) is -0.326. The van der Waals surface area contributed by atoms with E-state index in [1.807, 2.05) is 0 Å². The first kappa shape index (κ1) is 15.5. The van der Waals surface area contributed by atoms with Gasteiger partial charge in [0, 0.05) is 24.7 Å². The Kier molecular flexibility index (Phi) is 5.24. The number of hydrogen-bond donors (Lipinski definition) is 1. The molecule has 0 radical (unpaired) electrons. The van der Waals surface area contributed by atoms with Gasteiger partial charge in [0.25, 0.3) is 0 Å². The molecule has 0 aliphatic carbocycles. The van der Waals surface area contributed by atoms with Gasteiger partial charge in [-0.1, -0.05) is 23.2 Å². The van der Waals surface area contributed by atoms with Crippen molar-refractivity contribution in [1.29, 1.82) is 0 Å². The molecule has 0 bridgehead atoms. The molecule has 0 spiro atoms. The summed E-state index contributed by atoms with van der Waals surface area (Å²) < 4.78 is 30.5. The molecular formula is C10H13Cl2NO4S. The highest BCUT2D eigenvalue weighted by Crippen LogP contribution is 2.35. The average Bonchev–Trinajstić information content (AvgIpc) is 2.27. The lowest BCUT2D eigenvalue weighted by Gasteiger charge is -2.19. The van der Waals surface area contributed by atoms with E-state index in [1.165, 1.54) is 26.3 Å². The standard InChI is InChI=1S/C10H13Cl2NO4S/c1-13(3-4-14)18(15,16)10-8(12)5-7(11)6-9(10)17-2/h5-6,14H,3-4H2,1-2H3. The molecule has 5 nitrogen and oxygen atoms in total. The van der Waals surface area contributed by atoms with Gasteiger partial charge in [-0.2, -0.15) is 4.31 Å². The van der Waals surface area contributed by atoms with Crippen molar-refractivity contribution in [2.45, 2.75) is 4.90 Å². The second kappa shape index (κ2) is 6.08. The third-order valence-electron chi connectivity index (χ3n) is 2.28. The summed E-state index contributed by atoms with van der Waals surface area (Å²) in [7, 11) is -1.16. The minimum absolute atomic E-state index is 0.0239. The maximum Gasteiger partial charge on any atom is 0.248 e. The number of aliphatic hydroxyl groups excluding tert-OH is 1. The molecule has 0 heterocycles. The molecule has 0 fully saturated rings. The molecule has 0 amide bonds. The molecule has 0 aliphatic rings. The van der Waals surface area contributed by atoms with Gasteiger partial charge in [0.15, 0.2) is 0 Å². The number of benzene rings is 1. The fourth-order valence-electron chi connectivity index (χ4n) is 1.36. The number of likely N-dealkylation sites (N-methyl/N-ethyl adjacent to an activating group) is 1. The van der Waals surface area contributed by atoms with E-state index in [2.05, 4.69) is 0 Å². The van der Waals surface area contributed by atoms with Crippen molar-refractivity contribution in [3.63, 3.8) is 0 Å². The minimum atomic E-state index is -3.83. The van der Waals surface area contributed by atoms with Crippen LogP contribution in [0.2, 0.25) is 10.0 Å². The fourth-order valence-corrected chi connectivity index (χ4v) is 3.46. The van der Waals surface area contributed by atoms with Crippen molar-refractivity contribution in [3.8, 4) is 5.75 Å². The lowest BCUT2D eigenvalue weighted by Crippen LogP contribution is -2.30. The number of halogens is 2. The van der Waals surface area contributed by atoms with Gasteiger partial charge in [0.05, 0.1) is 18.7 Å². The number of hydrogen-bond acceptors (Lipinski definition) is 4. The SMILES string of the molecule is COc1cc(Cl)cc(Cl)c1S(=O)(=O)N(C)CCO. The van der Waals surface area contributed by atoms with Crippen LogP contribution in [0.15, 0.2) is 17.0 Å². The predicted octanol–water partition coefficient (Wildman–Crippen LogP) is 1.61. The number of rotatable bonds is 5. The van der Waals surface area contributed by atoms with Crippen molar-refractivity contribution in [2.75, 3.05) is 27.3 Å². The van der Waals surface area contributed by atoms with E-state index >= 15 is 0 Å². The van der Waals surface area contributed by atoms with Crippen LogP contribution in [-0.2, 0) is 10.0 Å². The van der Waals surface area contributed by atoms with Crippen LogP contribution in [0, 0.1) is 0 Å². The van der Waals surface area contributed by atoms with Crippen molar-refractivity contribution < 1.29 is 18.3 Å². The summed E-state index contributed by atoms with van der Waals surface area (Å²) in [4.78, 5) is -0.160. The number of sulfonamides is 1. The lowest BCUT2D eigenvalue weighted by atomic mass is 10.3. The van der Waals surface area contributed by atoms with Crippen LogP contribution in [0.25, 0.3) is 0 Å². The largest absolute Gasteiger partial charge is 0.495 e. The van der Waals surface area contributed by atoms with E-state index < -0.39 is 10.0 Å². The maximum atomic E-state index is 12.2. The Morgan fingerprint density at radius 1 is 1.39 bits per heavy atom. The summed E-state index contributed by atoms with van der Waals surface area (Å²) in [5, 5.41) is 9.05. The van der Waals surface area contributed by atoms with E-state index in [9.17, 15) is 8.42 Å². The highest BCUT2D eigenvalue weighted by molar-refractivity contribution is 7.89. The van der Waals surface area contributed by atoms with Crippen LogP contribution in [-0.4, -0.2) is 45.1 Å². The first-order valence-electron chi connectivity index (χ1n) is 4.94. The Hall–Kier alpha value is -0.530. The molecule has 1 rings (SSSR count). The molecule has 1 aromatic rings. The Morgan fingerprint density at radius 2 is 2.00 bits per heavy atom. The second-order valence-electron chi connectivity index (χ2n) is 3.47. The zero-order valence-corrected chi connectivity index (χ0v) is 12.2. The van der Waals surface area contributed by atoms with Crippen LogP contribution in [0.4, 0.5) is 0 Å². The summed E-state index contributed by atoms with van der Waals surface area (Å²) in [6.07, 6.45) is 0. The highest BCUT2D eigenvalue weighted by atomic mass is 35.5. The van der Waals surface area contributed by atoms with Crippen molar-refractivity contribution in [2.24, 2.45) is 0 Å².